The summed E-state index contributed by atoms with van der Waals surface area (Å²) in [5, 5.41) is -0.614. The SMILES string of the molecule is CCCCCCC=CCCCCC=CCCCCC(CCC)(P(=O)=O)[N+](C)(C)C. The lowest BCUT2D eigenvalue weighted by Crippen LogP contribution is -2.53. The Labute approximate surface area is 182 Å². The van der Waals surface area contributed by atoms with Crippen molar-refractivity contribution in [3.05, 3.63) is 24.3 Å². The Hall–Kier alpha value is -0.660. The van der Waals surface area contributed by atoms with E-state index in [1.54, 1.807) is 0 Å². The molecule has 0 aromatic heterocycles. The van der Waals surface area contributed by atoms with E-state index in [1.165, 1.54) is 51.4 Å². The summed E-state index contributed by atoms with van der Waals surface area (Å²) in [6.45, 7) is 4.34. The van der Waals surface area contributed by atoms with E-state index in [9.17, 15) is 9.13 Å². The van der Waals surface area contributed by atoms with Gasteiger partial charge in [0, 0.05) is 12.8 Å². The summed E-state index contributed by atoms with van der Waals surface area (Å²) in [5.74, 6) is 0. The maximum absolute atomic E-state index is 12.1. The van der Waals surface area contributed by atoms with Crippen molar-refractivity contribution in [2.75, 3.05) is 21.1 Å². The fourth-order valence-corrected chi connectivity index (χ4v) is 5.22. The summed E-state index contributed by atoms with van der Waals surface area (Å²) in [4.78, 5) is 0. The third-order valence-corrected chi connectivity index (χ3v) is 7.71. The van der Waals surface area contributed by atoms with Gasteiger partial charge in [-0.2, -0.15) is 0 Å². The average molecular weight is 427 g/mol. The van der Waals surface area contributed by atoms with Crippen LogP contribution in [0.1, 0.15) is 110 Å². The van der Waals surface area contributed by atoms with Crippen molar-refractivity contribution in [1.82, 2.24) is 0 Å². The first-order chi connectivity index (χ1) is 13.8. The van der Waals surface area contributed by atoms with Crippen LogP contribution in [0.15, 0.2) is 24.3 Å². The topological polar surface area (TPSA) is 34.1 Å². The van der Waals surface area contributed by atoms with E-state index in [0.717, 1.165) is 44.9 Å². The lowest BCUT2D eigenvalue weighted by molar-refractivity contribution is -0.908. The molecule has 0 N–H and O–H groups in total. The molecule has 3 nitrogen and oxygen atoms in total. The minimum atomic E-state index is -2.44. The molecule has 0 bridgehead atoms. The number of nitrogens with zero attached hydrogens (tertiary/aromatic N) is 1. The molecule has 4 heteroatoms. The maximum Gasteiger partial charge on any atom is 0.378 e. The summed E-state index contributed by atoms with van der Waals surface area (Å²) in [6, 6.07) is 0. The van der Waals surface area contributed by atoms with Gasteiger partial charge in [-0.15, -0.1) is 0 Å². The van der Waals surface area contributed by atoms with Gasteiger partial charge in [-0.25, -0.2) is 9.13 Å². The minimum absolute atomic E-state index is 0.503. The third kappa shape index (κ3) is 12.6. The van der Waals surface area contributed by atoms with Crippen molar-refractivity contribution in [2.24, 2.45) is 0 Å². The highest BCUT2D eigenvalue weighted by Gasteiger charge is 2.47. The second-order valence-corrected chi connectivity index (χ2v) is 10.7. The van der Waals surface area contributed by atoms with Crippen molar-refractivity contribution >= 4 is 7.68 Å². The van der Waals surface area contributed by atoms with Crippen molar-refractivity contribution in [3.63, 3.8) is 0 Å². The Bertz CT molecular complexity index is 509. The second kappa shape index (κ2) is 17.1. The van der Waals surface area contributed by atoms with Crippen LogP contribution in [0.25, 0.3) is 0 Å². The van der Waals surface area contributed by atoms with Crippen LogP contribution < -0.4 is 0 Å². The molecular weight excluding hydrogens is 377 g/mol. The first kappa shape index (κ1) is 28.3. The smallest absolute Gasteiger partial charge is 0.314 e. The van der Waals surface area contributed by atoms with Gasteiger partial charge in [0.15, 0.2) is 0 Å². The lowest BCUT2D eigenvalue weighted by Gasteiger charge is -2.41. The van der Waals surface area contributed by atoms with E-state index in [4.69, 9.17) is 0 Å². The Morgan fingerprint density at radius 2 is 1.07 bits per heavy atom. The molecule has 0 rings (SSSR count). The Balaban J connectivity index is 3.89. The largest absolute Gasteiger partial charge is 0.378 e. The predicted octanol–water partition coefficient (Wildman–Crippen LogP) is 8.57. The van der Waals surface area contributed by atoms with Gasteiger partial charge in [0.25, 0.3) is 0 Å². The molecule has 0 aliphatic rings. The summed E-state index contributed by atoms with van der Waals surface area (Å²) in [6.07, 6.45) is 26.4. The van der Waals surface area contributed by atoms with Gasteiger partial charge in [-0.3, -0.25) is 0 Å². The Morgan fingerprint density at radius 1 is 0.621 bits per heavy atom. The molecule has 1 unspecified atom stereocenters. The van der Waals surface area contributed by atoms with E-state index in [0.29, 0.717) is 4.48 Å². The van der Waals surface area contributed by atoms with Crippen molar-refractivity contribution in [2.45, 2.75) is 115 Å². The van der Waals surface area contributed by atoms with Gasteiger partial charge in [-0.1, -0.05) is 57.4 Å². The number of quaternary nitrogens is 1. The number of allylic oxidation sites excluding steroid dienone is 4. The normalized spacial score (nSPS) is 14.7. The molecule has 0 aromatic rings. The van der Waals surface area contributed by atoms with Gasteiger partial charge in [-0.05, 0) is 64.2 Å². The summed E-state index contributed by atoms with van der Waals surface area (Å²) in [7, 11) is 3.61. The highest BCUT2D eigenvalue weighted by molar-refractivity contribution is 7.32. The molecule has 29 heavy (non-hydrogen) atoms. The van der Waals surface area contributed by atoms with Gasteiger partial charge in [0.1, 0.15) is 0 Å². The van der Waals surface area contributed by atoms with E-state index in [1.807, 2.05) is 21.1 Å². The molecule has 0 amide bonds. The second-order valence-electron chi connectivity index (χ2n) is 9.32. The molecule has 0 fully saturated rings. The molecule has 0 aliphatic heterocycles. The predicted molar refractivity (Wildman–Crippen MR) is 128 cm³/mol. The fourth-order valence-electron chi connectivity index (χ4n) is 3.98. The zero-order valence-corrected chi connectivity index (χ0v) is 21.0. The molecule has 1 atom stereocenters. The molecule has 0 saturated heterocycles. The lowest BCUT2D eigenvalue weighted by atomic mass is 10.00. The van der Waals surface area contributed by atoms with Gasteiger partial charge < -0.3 is 4.48 Å². The summed E-state index contributed by atoms with van der Waals surface area (Å²) >= 11 is 0. The van der Waals surface area contributed by atoms with Crippen LogP contribution >= 0.6 is 7.68 Å². The molecule has 0 radical (unpaired) electrons. The molecular formula is C25H49NO2P+. The molecule has 0 aromatic carbocycles. The van der Waals surface area contributed by atoms with E-state index in [-0.39, 0.29) is 0 Å². The molecule has 0 aliphatic carbocycles. The standard InChI is InChI=1S/C25H49NO2P/c1-6-8-9-10-11-12-13-14-15-16-17-18-19-20-21-22-24-25(23-7-2,29(27)28)26(3,4)5/h12-13,18-19H,6-11,14-17,20-24H2,1-5H3/q+1. The summed E-state index contributed by atoms with van der Waals surface area (Å²) in [5.41, 5.74) is 0. The van der Waals surface area contributed by atoms with E-state index < -0.39 is 13.0 Å². The average Bonchev–Trinajstić information content (AvgIpc) is 2.65. The molecule has 170 valence electrons. The Morgan fingerprint density at radius 3 is 1.45 bits per heavy atom. The Kier molecular flexibility index (Phi) is 16.7. The van der Waals surface area contributed by atoms with Crippen molar-refractivity contribution in [3.8, 4) is 0 Å². The van der Waals surface area contributed by atoms with Crippen LogP contribution in [0.5, 0.6) is 0 Å². The van der Waals surface area contributed by atoms with E-state index in [2.05, 4.69) is 38.2 Å². The van der Waals surface area contributed by atoms with Crippen LogP contribution in [0, 0.1) is 0 Å². The molecule has 0 spiro atoms. The highest BCUT2D eigenvalue weighted by Crippen LogP contribution is 2.43. The monoisotopic (exact) mass is 426 g/mol. The van der Waals surface area contributed by atoms with E-state index >= 15 is 0 Å². The van der Waals surface area contributed by atoms with Crippen LogP contribution in [-0.2, 0) is 9.13 Å². The number of hydrogen-bond donors (Lipinski definition) is 0. The number of hydrogen-bond acceptors (Lipinski definition) is 2. The fraction of sp³-hybridized carbons (Fsp3) is 0.840. The van der Waals surface area contributed by atoms with Crippen LogP contribution in [0.4, 0.5) is 0 Å². The van der Waals surface area contributed by atoms with Crippen molar-refractivity contribution in [1.29, 1.82) is 0 Å². The quantitative estimate of drug-likeness (QED) is 0.0897. The van der Waals surface area contributed by atoms with Crippen molar-refractivity contribution < 1.29 is 13.6 Å². The zero-order valence-electron chi connectivity index (χ0n) is 20.1. The first-order valence-corrected chi connectivity index (χ1v) is 13.3. The maximum atomic E-state index is 12.1. The third-order valence-electron chi connectivity index (χ3n) is 5.99. The van der Waals surface area contributed by atoms with Crippen LogP contribution in [-0.4, -0.2) is 30.9 Å². The number of unbranched alkanes of at least 4 members (excludes halogenated alkanes) is 9. The minimum Gasteiger partial charge on any atom is -0.314 e. The van der Waals surface area contributed by atoms with Gasteiger partial charge >= 0.3 is 7.68 Å². The molecule has 0 heterocycles. The highest BCUT2D eigenvalue weighted by atomic mass is 31.1. The number of rotatable bonds is 19. The van der Waals surface area contributed by atoms with Gasteiger partial charge in [0.2, 0.25) is 5.28 Å². The zero-order chi connectivity index (χ0) is 22.0. The summed E-state index contributed by atoms with van der Waals surface area (Å²) < 4.78 is 24.6. The van der Waals surface area contributed by atoms with Gasteiger partial charge in [0.05, 0.1) is 21.1 Å². The van der Waals surface area contributed by atoms with Crippen LogP contribution in [0.3, 0.4) is 0 Å². The van der Waals surface area contributed by atoms with Crippen LogP contribution in [0.2, 0.25) is 0 Å². The first-order valence-electron chi connectivity index (χ1n) is 12.1. The molecule has 0 saturated carbocycles.